The molecule has 2 aliphatic rings. The highest BCUT2D eigenvalue weighted by atomic mass is 32.1. The third kappa shape index (κ3) is 6.44. The molecule has 2 aromatic carbocycles. The number of amides is 1. The van der Waals surface area contributed by atoms with Crippen molar-refractivity contribution in [2.24, 2.45) is 5.92 Å². The summed E-state index contributed by atoms with van der Waals surface area (Å²) in [5, 5.41) is 6.39. The van der Waals surface area contributed by atoms with Gasteiger partial charge in [0.25, 0.3) is 5.91 Å². The molecule has 1 saturated carbocycles. The first-order valence-corrected chi connectivity index (χ1v) is 14.7. The largest absolute Gasteiger partial charge is 0.488 e. The van der Waals surface area contributed by atoms with Crippen LogP contribution < -0.4 is 10.1 Å². The van der Waals surface area contributed by atoms with E-state index in [0.717, 1.165) is 89.6 Å². The summed E-state index contributed by atoms with van der Waals surface area (Å²) in [5.41, 5.74) is 5.80. The molecule has 1 amide bonds. The number of esters is 1. The molecule has 206 valence electrons. The van der Waals surface area contributed by atoms with Crippen LogP contribution in [0.25, 0.3) is 11.3 Å². The Bertz CT molecular complexity index is 1330. The van der Waals surface area contributed by atoms with Gasteiger partial charge in [-0.2, -0.15) is 0 Å². The Balaban J connectivity index is 1.25. The lowest BCUT2D eigenvalue weighted by Gasteiger charge is -2.27. The molecule has 2 unspecified atom stereocenters. The Labute approximate surface area is 234 Å². The number of aryl methyl sites for hydroxylation is 2. The van der Waals surface area contributed by atoms with Crippen molar-refractivity contribution in [3.63, 3.8) is 0 Å². The first-order valence-electron chi connectivity index (χ1n) is 13.8. The monoisotopic (exact) mass is 547 g/mol. The van der Waals surface area contributed by atoms with Gasteiger partial charge in [0, 0.05) is 35.6 Å². The molecular formula is C31H37N3O4S. The molecule has 0 radical (unpaired) electrons. The van der Waals surface area contributed by atoms with Crippen molar-refractivity contribution in [2.45, 2.75) is 65.0 Å². The van der Waals surface area contributed by atoms with Gasteiger partial charge in [-0.3, -0.25) is 9.59 Å². The number of carbonyl (C=O) groups is 2. The summed E-state index contributed by atoms with van der Waals surface area (Å²) in [6, 6.07) is 12.3. The smallest absolute Gasteiger partial charge is 0.308 e. The first kappa shape index (κ1) is 27.2. The Kier molecular flexibility index (Phi) is 8.50. The maximum absolute atomic E-state index is 12.9. The molecule has 1 aromatic heterocycles. The molecule has 0 bridgehead atoms. The summed E-state index contributed by atoms with van der Waals surface area (Å²) < 4.78 is 11.2. The molecule has 5 rings (SSSR count). The zero-order valence-corrected chi connectivity index (χ0v) is 23.8. The minimum Gasteiger partial charge on any atom is -0.488 e. The van der Waals surface area contributed by atoms with Gasteiger partial charge in [-0.05, 0) is 87.8 Å². The van der Waals surface area contributed by atoms with Gasteiger partial charge in [-0.25, -0.2) is 4.98 Å². The van der Waals surface area contributed by atoms with Crippen LogP contribution in [0.3, 0.4) is 0 Å². The van der Waals surface area contributed by atoms with Crippen molar-refractivity contribution < 1.29 is 19.1 Å². The summed E-state index contributed by atoms with van der Waals surface area (Å²) in [4.78, 5) is 31.6. The van der Waals surface area contributed by atoms with Crippen molar-refractivity contribution in [3.8, 4) is 17.0 Å². The zero-order chi connectivity index (χ0) is 27.4. The number of methoxy groups -OCH3 is 1. The topological polar surface area (TPSA) is 80.8 Å². The van der Waals surface area contributed by atoms with Crippen molar-refractivity contribution in [3.05, 3.63) is 64.0 Å². The van der Waals surface area contributed by atoms with Crippen LogP contribution in [0.1, 0.15) is 65.6 Å². The lowest BCUT2D eigenvalue weighted by molar-refractivity contribution is -0.145. The van der Waals surface area contributed by atoms with Crippen LogP contribution >= 0.6 is 11.3 Å². The highest BCUT2D eigenvalue weighted by Gasteiger charge is 2.31. The molecule has 39 heavy (non-hydrogen) atoms. The minimum absolute atomic E-state index is 0.0379. The van der Waals surface area contributed by atoms with E-state index in [9.17, 15) is 9.59 Å². The molecular weight excluding hydrogens is 510 g/mol. The lowest BCUT2D eigenvalue weighted by Crippen LogP contribution is -2.35. The predicted molar refractivity (Wildman–Crippen MR) is 154 cm³/mol. The number of hydrogen-bond acceptors (Lipinski definition) is 7. The second-order valence-corrected chi connectivity index (χ2v) is 11.6. The minimum atomic E-state index is -0.126. The van der Waals surface area contributed by atoms with Crippen molar-refractivity contribution in [1.82, 2.24) is 9.88 Å². The van der Waals surface area contributed by atoms with Crippen LogP contribution in [0.2, 0.25) is 0 Å². The van der Waals surface area contributed by atoms with E-state index in [0.29, 0.717) is 6.61 Å². The summed E-state index contributed by atoms with van der Waals surface area (Å²) in [5.74, 6) is 0.734. The molecule has 1 saturated heterocycles. The number of likely N-dealkylation sites (tertiary alicyclic amines) is 1. The van der Waals surface area contributed by atoms with E-state index in [1.807, 2.05) is 47.5 Å². The van der Waals surface area contributed by atoms with Crippen LogP contribution in [-0.4, -0.2) is 48.0 Å². The molecule has 2 heterocycles. The van der Waals surface area contributed by atoms with Gasteiger partial charge < -0.3 is 19.7 Å². The highest BCUT2D eigenvalue weighted by molar-refractivity contribution is 7.14. The molecule has 1 aliphatic carbocycles. The molecule has 0 spiro atoms. The Hall–Kier alpha value is -3.39. The molecule has 2 atom stereocenters. The number of nitrogens with zero attached hydrogens (tertiary/aromatic N) is 2. The van der Waals surface area contributed by atoms with Gasteiger partial charge >= 0.3 is 5.97 Å². The summed E-state index contributed by atoms with van der Waals surface area (Å²) in [6.07, 6.45) is 5.91. The van der Waals surface area contributed by atoms with E-state index in [2.05, 4.69) is 18.3 Å². The first-order chi connectivity index (χ1) is 18.9. The number of aromatic nitrogens is 1. The summed E-state index contributed by atoms with van der Waals surface area (Å²) >= 11 is 1.56. The standard InChI is InChI=1S/C31H37N3O4S/c1-20-7-12-28(38-18-24-9-8-22(16-21(24)2)29(35)34-13-5-4-6-14-34)26(15-20)27-19-39-31(33-27)32-25-11-10-23(17-25)30(36)37-3/h7-9,12,15-16,19,23,25H,4-6,10-11,13-14,17-18H2,1-3H3,(H,32,33). The Morgan fingerprint density at radius 2 is 1.90 bits per heavy atom. The number of piperidine rings is 1. The number of carbonyl (C=O) groups excluding carboxylic acids is 2. The zero-order valence-electron chi connectivity index (χ0n) is 23.0. The van der Waals surface area contributed by atoms with Gasteiger partial charge in [0.1, 0.15) is 12.4 Å². The molecule has 7 nitrogen and oxygen atoms in total. The second kappa shape index (κ2) is 12.2. The Morgan fingerprint density at radius 1 is 1.08 bits per heavy atom. The molecule has 3 aromatic rings. The molecule has 2 fully saturated rings. The second-order valence-electron chi connectivity index (χ2n) is 10.7. The van der Waals surface area contributed by atoms with Crippen molar-refractivity contribution in [2.75, 3.05) is 25.5 Å². The van der Waals surface area contributed by atoms with Crippen LogP contribution in [0.15, 0.2) is 41.8 Å². The molecule has 8 heteroatoms. The van der Waals surface area contributed by atoms with E-state index < -0.39 is 0 Å². The van der Waals surface area contributed by atoms with E-state index in [-0.39, 0.29) is 23.8 Å². The van der Waals surface area contributed by atoms with Crippen molar-refractivity contribution >= 4 is 28.3 Å². The number of ether oxygens (including phenoxy) is 2. The highest BCUT2D eigenvalue weighted by Crippen LogP contribution is 2.35. The maximum Gasteiger partial charge on any atom is 0.308 e. The fraction of sp³-hybridized carbons (Fsp3) is 0.452. The average Bonchev–Trinajstić information content (AvgIpc) is 3.62. The van der Waals surface area contributed by atoms with E-state index >= 15 is 0 Å². The van der Waals surface area contributed by atoms with Crippen LogP contribution in [0, 0.1) is 19.8 Å². The molecule has 1 N–H and O–H groups in total. The van der Waals surface area contributed by atoms with Gasteiger partial charge in [-0.15, -0.1) is 11.3 Å². The number of hydrogen-bond donors (Lipinski definition) is 1. The van der Waals surface area contributed by atoms with E-state index in [4.69, 9.17) is 14.5 Å². The third-order valence-electron chi connectivity index (χ3n) is 7.83. The number of benzene rings is 2. The predicted octanol–water partition coefficient (Wildman–Crippen LogP) is 6.39. The fourth-order valence-electron chi connectivity index (χ4n) is 5.53. The van der Waals surface area contributed by atoms with Crippen LogP contribution in [0.5, 0.6) is 5.75 Å². The molecule has 1 aliphatic heterocycles. The maximum atomic E-state index is 12.9. The van der Waals surface area contributed by atoms with E-state index in [1.54, 1.807) is 11.3 Å². The lowest BCUT2D eigenvalue weighted by atomic mass is 10.0. The quantitative estimate of drug-likeness (QED) is 0.329. The number of anilines is 1. The summed E-state index contributed by atoms with van der Waals surface area (Å²) in [6.45, 7) is 6.20. The van der Waals surface area contributed by atoms with Gasteiger partial charge in [0.05, 0.1) is 18.7 Å². The van der Waals surface area contributed by atoms with Crippen LogP contribution in [-0.2, 0) is 16.1 Å². The average molecular weight is 548 g/mol. The van der Waals surface area contributed by atoms with E-state index in [1.165, 1.54) is 13.5 Å². The summed E-state index contributed by atoms with van der Waals surface area (Å²) in [7, 11) is 1.45. The van der Waals surface area contributed by atoms with Gasteiger partial charge in [0.2, 0.25) is 0 Å². The number of nitrogens with one attached hydrogen (secondary N) is 1. The normalized spacial score (nSPS) is 19.1. The number of thiazole rings is 1. The number of rotatable bonds is 8. The fourth-order valence-corrected chi connectivity index (χ4v) is 6.32. The third-order valence-corrected chi connectivity index (χ3v) is 8.60. The van der Waals surface area contributed by atoms with Crippen molar-refractivity contribution in [1.29, 1.82) is 0 Å². The van der Waals surface area contributed by atoms with Gasteiger partial charge in [0.15, 0.2) is 5.13 Å². The Morgan fingerprint density at radius 3 is 2.67 bits per heavy atom. The van der Waals surface area contributed by atoms with Crippen LogP contribution in [0.4, 0.5) is 5.13 Å². The SMILES string of the molecule is COC(=O)C1CCC(Nc2nc(-c3cc(C)ccc3OCc3ccc(C(=O)N4CCCCC4)cc3C)cs2)C1. The van der Waals surface area contributed by atoms with Gasteiger partial charge in [-0.1, -0.05) is 17.7 Å².